The van der Waals surface area contributed by atoms with Crippen molar-refractivity contribution in [3.8, 4) is 0 Å². The van der Waals surface area contributed by atoms with Crippen molar-refractivity contribution >= 4 is 17.1 Å². The number of aliphatic hydroxyl groups excluding tert-OH is 2. The fourth-order valence-corrected chi connectivity index (χ4v) is 2.63. The van der Waals surface area contributed by atoms with Gasteiger partial charge in [-0.1, -0.05) is 0 Å². The number of methoxy groups -OCH3 is 1. The molecule has 0 radical (unpaired) electrons. The number of hydrogen-bond donors (Lipinski definition) is 4. The third kappa shape index (κ3) is 2.36. The van der Waals surface area contributed by atoms with Crippen molar-refractivity contribution in [2.24, 2.45) is 0 Å². The van der Waals surface area contributed by atoms with Gasteiger partial charge in [-0.15, -0.1) is 0 Å². The van der Waals surface area contributed by atoms with Gasteiger partial charge in [-0.05, 0) is 6.90 Å². The van der Waals surface area contributed by atoms with Gasteiger partial charge in [0.05, 0.1) is 6.33 Å². The van der Waals surface area contributed by atoms with E-state index in [1.165, 1.54) is 7.11 Å². The van der Waals surface area contributed by atoms with Gasteiger partial charge in [-0.25, -0.2) is 9.37 Å². The summed E-state index contributed by atoms with van der Waals surface area (Å²) in [6.07, 6.45) is -3.93. The summed E-state index contributed by atoms with van der Waals surface area (Å²) in [6, 6.07) is 0. The van der Waals surface area contributed by atoms with Crippen LogP contribution in [0.2, 0.25) is 0 Å². The molecule has 3 rings (SSSR count). The van der Waals surface area contributed by atoms with Gasteiger partial charge in [0.15, 0.2) is 23.6 Å². The van der Waals surface area contributed by atoms with Gasteiger partial charge in [0.25, 0.3) is 5.56 Å². The predicted molar refractivity (Wildman–Crippen MR) is 80.2 cm³/mol. The van der Waals surface area contributed by atoms with Crippen LogP contribution in [-0.2, 0) is 9.47 Å². The van der Waals surface area contributed by atoms with E-state index in [-0.39, 0.29) is 30.6 Å². The Balaban J connectivity index is 2.04. The molecule has 0 saturated carbocycles. The largest absolute Gasteiger partial charge is 0.391 e. The number of ether oxygens (including phenoxy) is 2. The van der Waals surface area contributed by atoms with Gasteiger partial charge in [-0.2, -0.15) is 4.98 Å². The number of aliphatic hydroxyl groups is 2. The van der Waals surface area contributed by atoms with Crippen LogP contribution < -0.4 is 10.9 Å². The normalized spacial score (nSPS) is 30.7. The molecule has 0 aliphatic carbocycles. The summed E-state index contributed by atoms with van der Waals surface area (Å²) in [7, 11) is 1.17. The molecule has 0 spiro atoms. The molecule has 2 aromatic rings. The molecular formula is C13H18FN5O5. The first-order valence-corrected chi connectivity index (χ1v) is 7.13. The molecule has 4 atom stereocenters. The molecule has 1 saturated heterocycles. The van der Waals surface area contributed by atoms with Crippen LogP contribution in [0, 0.1) is 0 Å². The van der Waals surface area contributed by atoms with E-state index in [0.29, 0.717) is 0 Å². The van der Waals surface area contributed by atoms with Crippen molar-refractivity contribution in [3.63, 3.8) is 0 Å². The smallest absolute Gasteiger partial charge is 0.280 e. The molecule has 2 aromatic heterocycles. The standard InChI is InChI=1S/C13H18FN5O5/c1-3-15-12-17-9-7(10(22)18-12)16-5-19(9)11-6(14)8(21)13(4-20,23-2)24-11/h5-6,8,11,20-21H,3-4H2,1-2H3,(H2,15,17,18,22)/t6-,8+,11-,13-/m1/s1/i1T. The van der Waals surface area contributed by atoms with Crippen LogP contribution in [-0.4, -0.2) is 68.1 Å². The molecule has 11 heteroatoms. The Morgan fingerprint density at radius 2 is 2.50 bits per heavy atom. The van der Waals surface area contributed by atoms with Crippen LogP contribution in [0.1, 0.15) is 14.5 Å². The maximum absolute atomic E-state index is 14.6. The van der Waals surface area contributed by atoms with Crippen LogP contribution in [0.15, 0.2) is 11.1 Å². The Morgan fingerprint density at radius 1 is 1.71 bits per heavy atom. The molecule has 4 N–H and O–H groups in total. The molecule has 0 unspecified atom stereocenters. The number of hydrogen-bond acceptors (Lipinski definition) is 8. The summed E-state index contributed by atoms with van der Waals surface area (Å²) >= 11 is 0. The first-order valence-electron chi connectivity index (χ1n) is 7.84. The number of anilines is 1. The Labute approximate surface area is 136 Å². The topological polar surface area (TPSA) is 135 Å². The number of halogens is 1. The third-order valence-corrected chi connectivity index (χ3v) is 3.91. The lowest BCUT2D eigenvalue weighted by Gasteiger charge is -2.27. The number of alkyl halides is 1. The van der Waals surface area contributed by atoms with Gasteiger partial charge in [0.2, 0.25) is 11.7 Å². The minimum absolute atomic E-state index is 0.0286. The molecule has 0 amide bonds. The molecule has 24 heavy (non-hydrogen) atoms. The van der Waals surface area contributed by atoms with E-state index in [4.69, 9.17) is 10.8 Å². The molecule has 0 bridgehead atoms. The fraction of sp³-hybridized carbons (Fsp3) is 0.615. The second kappa shape index (κ2) is 6.09. The maximum atomic E-state index is 14.6. The summed E-state index contributed by atoms with van der Waals surface area (Å²) in [4.78, 5) is 22.6. The summed E-state index contributed by atoms with van der Waals surface area (Å²) in [5.41, 5.74) is -0.563. The van der Waals surface area contributed by atoms with Crippen molar-refractivity contribution in [2.75, 3.05) is 25.6 Å². The summed E-state index contributed by atoms with van der Waals surface area (Å²) in [5.74, 6) is -1.82. The highest BCUT2D eigenvalue weighted by atomic mass is 19.1. The number of aromatic amines is 1. The molecule has 10 nitrogen and oxygen atoms in total. The first-order chi connectivity index (χ1) is 12.0. The van der Waals surface area contributed by atoms with Crippen molar-refractivity contribution < 1.29 is 25.4 Å². The highest BCUT2D eigenvalue weighted by Crippen LogP contribution is 2.40. The summed E-state index contributed by atoms with van der Waals surface area (Å²) < 4.78 is 33.2. The van der Waals surface area contributed by atoms with Crippen molar-refractivity contribution in [3.05, 3.63) is 16.7 Å². The number of rotatable bonds is 5. The van der Waals surface area contributed by atoms with Crippen LogP contribution in [0.3, 0.4) is 0 Å². The number of aromatic nitrogens is 4. The van der Waals surface area contributed by atoms with E-state index >= 15 is 0 Å². The van der Waals surface area contributed by atoms with E-state index in [1.54, 1.807) is 0 Å². The predicted octanol–water partition coefficient (Wildman–Crippen LogP) is -0.886. The monoisotopic (exact) mass is 345 g/mol. The zero-order valence-electron chi connectivity index (χ0n) is 13.8. The van der Waals surface area contributed by atoms with E-state index in [0.717, 1.165) is 10.9 Å². The lowest BCUT2D eigenvalue weighted by molar-refractivity contribution is -0.269. The maximum Gasteiger partial charge on any atom is 0.280 e. The van der Waals surface area contributed by atoms with E-state index in [9.17, 15) is 19.4 Å². The molecule has 3 heterocycles. The number of imidazole rings is 1. The average molecular weight is 345 g/mol. The Morgan fingerprint density at radius 3 is 3.12 bits per heavy atom. The average Bonchev–Trinajstić information content (AvgIpc) is 3.14. The molecule has 1 aliphatic rings. The van der Waals surface area contributed by atoms with Crippen molar-refractivity contribution in [1.29, 1.82) is 0 Å². The minimum Gasteiger partial charge on any atom is -0.391 e. The lowest BCUT2D eigenvalue weighted by Crippen LogP contribution is -2.47. The van der Waals surface area contributed by atoms with Crippen LogP contribution in [0.25, 0.3) is 11.2 Å². The van der Waals surface area contributed by atoms with Gasteiger partial charge < -0.3 is 25.0 Å². The van der Waals surface area contributed by atoms with Gasteiger partial charge in [0.1, 0.15) is 12.7 Å². The van der Waals surface area contributed by atoms with E-state index < -0.39 is 36.5 Å². The van der Waals surface area contributed by atoms with E-state index in [1.807, 2.05) is 0 Å². The summed E-state index contributed by atoms with van der Waals surface area (Å²) in [6.45, 7) is -0.443. The Hall–Kier alpha value is -2.08. The van der Waals surface area contributed by atoms with Gasteiger partial charge in [-0.3, -0.25) is 14.3 Å². The highest BCUT2D eigenvalue weighted by Gasteiger charge is 2.56. The van der Waals surface area contributed by atoms with Crippen molar-refractivity contribution in [1.82, 2.24) is 19.5 Å². The molecular weight excluding hydrogens is 325 g/mol. The number of nitrogens with zero attached hydrogens (tertiary/aromatic N) is 3. The fourth-order valence-electron chi connectivity index (χ4n) is 2.63. The quantitative estimate of drug-likeness (QED) is 0.548. The SMILES string of the molecule is [3H]CCNc1nc2c(ncn2[C@@H]2O[C@@](CO)(OC)[C@@H](O)[C@H]2F)c(=O)[nH]1. The zero-order valence-corrected chi connectivity index (χ0v) is 12.8. The highest BCUT2D eigenvalue weighted by molar-refractivity contribution is 5.70. The number of nitrogens with one attached hydrogen (secondary N) is 2. The summed E-state index contributed by atoms with van der Waals surface area (Å²) in [5, 5.41) is 22.2. The lowest BCUT2D eigenvalue weighted by atomic mass is 10.1. The van der Waals surface area contributed by atoms with Crippen LogP contribution in [0.4, 0.5) is 10.3 Å². The van der Waals surface area contributed by atoms with Crippen molar-refractivity contribution in [2.45, 2.75) is 31.2 Å². The molecule has 132 valence electrons. The molecule has 0 aromatic carbocycles. The number of H-pyrrole nitrogens is 1. The first kappa shape index (κ1) is 15.4. The Bertz CT molecular complexity index is 810. The second-order valence-corrected chi connectivity index (χ2v) is 5.24. The second-order valence-electron chi connectivity index (χ2n) is 5.24. The zero-order chi connectivity index (χ0) is 18.2. The third-order valence-electron chi connectivity index (χ3n) is 3.91. The van der Waals surface area contributed by atoms with E-state index in [2.05, 4.69) is 20.3 Å². The molecule has 1 aliphatic heterocycles. The van der Waals surface area contributed by atoms with Crippen LogP contribution >= 0.6 is 0 Å². The molecule has 1 fully saturated rings. The minimum atomic E-state index is -1.95. The number of fused-ring (bicyclic) bond motifs is 1. The van der Waals surface area contributed by atoms with Gasteiger partial charge in [0, 0.05) is 15.0 Å². The Kier molecular flexibility index (Phi) is 3.92. The van der Waals surface area contributed by atoms with Gasteiger partial charge >= 0.3 is 0 Å². The van der Waals surface area contributed by atoms with Crippen LogP contribution in [0.5, 0.6) is 0 Å².